The molecule has 1 unspecified atom stereocenters. The van der Waals surface area contributed by atoms with Gasteiger partial charge < -0.3 is 5.32 Å². The lowest BCUT2D eigenvalue weighted by molar-refractivity contribution is -0.121. The second-order valence-electron chi connectivity index (χ2n) is 6.22. The molecular weight excluding hydrogens is 348 g/mol. The molecule has 3 rings (SSSR count). The minimum atomic E-state index is -3.77. The van der Waals surface area contributed by atoms with Gasteiger partial charge >= 0.3 is 0 Å². The molecule has 0 spiro atoms. The van der Waals surface area contributed by atoms with E-state index in [-0.39, 0.29) is 23.3 Å². The number of primary sulfonamides is 1. The van der Waals surface area contributed by atoms with E-state index in [1.165, 1.54) is 12.1 Å². The Morgan fingerprint density at radius 2 is 1.73 bits per heavy atom. The first-order valence-corrected chi connectivity index (χ1v) is 9.78. The molecule has 3 N–H and O–H groups in total. The summed E-state index contributed by atoms with van der Waals surface area (Å²) in [5.41, 5.74) is 1.63. The zero-order valence-corrected chi connectivity index (χ0v) is 15.2. The van der Waals surface area contributed by atoms with Crippen molar-refractivity contribution in [3.63, 3.8) is 0 Å². The molecule has 0 saturated carbocycles. The normalized spacial score (nSPS) is 12.7. The van der Waals surface area contributed by atoms with E-state index < -0.39 is 10.0 Å². The van der Waals surface area contributed by atoms with Crippen LogP contribution in [0, 0.1) is 0 Å². The van der Waals surface area contributed by atoms with Crippen LogP contribution in [-0.2, 0) is 21.2 Å². The zero-order valence-electron chi connectivity index (χ0n) is 14.3. The van der Waals surface area contributed by atoms with Gasteiger partial charge in [0.05, 0.1) is 17.4 Å². The van der Waals surface area contributed by atoms with Crippen molar-refractivity contribution in [1.29, 1.82) is 0 Å². The molecule has 0 aliphatic heterocycles. The number of hydrogen-bond donors (Lipinski definition) is 2. The second-order valence-corrected chi connectivity index (χ2v) is 7.78. The molecule has 26 heavy (non-hydrogen) atoms. The van der Waals surface area contributed by atoms with Crippen LogP contribution >= 0.6 is 0 Å². The molecule has 3 aromatic rings. The number of nitrogens with two attached hydrogens (primary N) is 1. The van der Waals surface area contributed by atoms with Crippen LogP contribution in [0.15, 0.2) is 71.6 Å². The topological polar surface area (TPSA) is 89.3 Å². The van der Waals surface area contributed by atoms with Gasteiger partial charge in [-0.1, -0.05) is 54.6 Å². The van der Waals surface area contributed by atoms with E-state index in [1.54, 1.807) is 12.1 Å². The van der Waals surface area contributed by atoms with Crippen molar-refractivity contribution in [3.8, 4) is 0 Å². The molecule has 1 amide bonds. The first kappa shape index (κ1) is 18.1. The third-order valence-electron chi connectivity index (χ3n) is 4.30. The summed E-state index contributed by atoms with van der Waals surface area (Å²) in [6.07, 6.45) is 0.251. The highest BCUT2D eigenvalue weighted by molar-refractivity contribution is 7.89. The summed E-state index contributed by atoms with van der Waals surface area (Å²) < 4.78 is 23.0. The van der Waals surface area contributed by atoms with Crippen molar-refractivity contribution < 1.29 is 13.2 Å². The van der Waals surface area contributed by atoms with Crippen molar-refractivity contribution >= 4 is 26.7 Å². The molecule has 0 radical (unpaired) electrons. The van der Waals surface area contributed by atoms with Gasteiger partial charge in [-0.2, -0.15) is 0 Å². The Morgan fingerprint density at radius 1 is 1.04 bits per heavy atom. The maximum absolute atomic E-state index is 12.5. The SMILES string of the molecule is CC(NC(=O)Cc1cccc2ccccc12)c1cccc(S(N)(=O)=O)c1. The average Bonchev–Trinajstić information content (AvgIpc) is 2.61. The molecule has 0 aliphatic rings. The number of carbonyl (C=O) groups is 1. The summed E-state index contributed by atoms with van der Waals surface area (Å²) in [6, 6.07) is 19.8. The van der Waals surface area contributed by atoms with Crippen molar-refractivity contribution in [1.82, 2.24) is 5.32 Å². The molecule has 0 saturated heterocycles. The third-order valence-corrected chi connectivity index (χ3v) is 5.21. The molecule has 6 heteroatoms. The summed E-state index contributed by atoms with van der Waals surface area (Å²) in [6.45, 7) is 1.81. The molecule has 0 fully saturated rings. The van der Waals surface area contributed by atoms with Crippen LogP contribution in [0.5, 0.6) is 0 Å². The van der Waals surface area contributed by atoms with E-state index in [4.69, 9.17) is 5.14 Å². The largest absolute Gasteiger partial charge is 0.349 e. The number of carbonyl (C=O) groups excluding carboxylic acids is 1. The quantitative estimate of drug-likeness (QED) is 0.726. The Morgan fingerprint density at radius 3 is 2.50 bits per heavy atom. The minimum Gasteiger partial charge on any atom is -0.349 e. The predicted octanol–water partition coefficient (Wildman–Crippen LogP) is 2.91. The summed E-state index contributed by atoms with van der Waals surface area (Å²) in [7, 11) is -3.77. The Labute approximate surface area is 152 Å². The number of nitrogens with one attached hydrogen (secondary N) is 1. The molecule has 1 atom stereocenters. The van der Waals surface area contributed by atoms with Gasteiger partial charge in [-0.15, -0.1) is 0 Å². The molecule has 0 aliphatic carbocycles. The Hall–Kier alpha value is -2.70. The van der Waals surface area contributed by atoms with E-state index in [0.29, 0.717) is 5.56 Å². The summed E-state index contributed by atoms with van der Waals surface area (Å²) in [5.74, 6) is -0.130. The fraction of sp³-hybridized carbons (Fsp3) is 0.150. The Bertz CT molecular complexity index is 1060. The summed E-state index contributed by atoms with van der Waals surface area (Å²) in [5, 5.41) is 10.2. The van der Waals surface area contributed by atoms with Crippen molar-refractivity contribution in [2.45, 2.75) is 24.3 Å². The van der Waals surface area contributed by atoms with Crippen molar-refractivity contribution in [2.24, 2.45) is 5.14 Å². The third kappa shape index (κ3) is 4.09. The number of rotatable bonds is 5. The van der Waals surface area contributed by atoms with Gasteiger partial charge in [0.2, 0.25) is 15.9 Å². The summed E-state index contributed by atoms with van der Waals surface area (Å²) in [4.78, 5) is 12.5. The lowest BCUT2D eigenvalue weighted by atomic mass is 10.0. The van der Waals surface area contributed by atoms with Gasteiger partial charge in [-0.25, -0.2) is 13.6 Å². The lowest BCUT2D eigenvalue weighted by Gasteiger charge is -2.15. The predicted molar refractivity (Wildman–Crippen MR) is 102 cm³/mol. The van der Waals surface area contributed by atoms with E-state index in [9.17, 15) is 13.2 Å². The molecular formula is C20H20N2O3S. The average molecular weight is 368 g/mol. The van der Waals surface area contributed by atoms with Crippen LogP contribution in [0.1, 0.15) is 24.1 Å². The van der Waals surface area contributed by atoms with Gasteiger partial charge in [0.1, 0.15) is 0 Å². The number of amides is 1. The van der Waals surface area contributed by atoms with Crippen LogP contribution in [-0.4, -0.2) is 14.3 Å². The van der Waals surface area contributed by atoms with Crippen LogP contribution in [0.2, 0.25) is 0 Å². The lowest BCUT2D eigenvalue weighted by Crippen LogP contribution is -2.28. The fourth-order valence-corrected chi connectivity index (χ4v) is 3.52. The monoisotopic (exact) mass is 368 g/mol. The molecule has 3 aromatic carbocycles. The van der Waals surface area contributed by atoms with Gasteiger partial charge in [0.25, 0.3) is 0 Å². The highest BCUT2D eigenvalue weighted by atomic mass is 32.2. The smallest absolute Gasteiger partial charge is 0.238 e. The molecule has 0 heterocycles. The van der Waals surface area contributed by atoms with E-state index >= 15 is 0 Å². The van der Waals surface area contributed by atoms with Crippen LogP contribution in [0.25, 0.3) is 10.8 Å². The van der Waals surface area contributed by atoms with Gasteiger partial charge in [-0.3, -0.25) is 4.79 Å². The van der Waals surface area contributed by atoms with Gasteiger partial charge in [0, 0.05) is 0 Å². The van der Waals surface area contributed by atoms with E-state index in [1.807, 2.05) is 49.4 Å². The second kappa shape index (κ2) is 7.27. The van der Waals surface area contributed by atoms with Crippen LogP contribution in [0.4, 0.5) is 0 Å². The number of sulfonamides is 1. The fourth-order valence-electron chi connectivity index (χ4n) is 2.96. The highest BCUT2D eigenvalue weighted by Crippen LogP contribution is 2.20. The van der Waals surface area contributed by atoms with Gasteiger partial charge in [0.15, 0.2) is 0 Å². The van der Waals surface area contributed by atoms with Crippen molar-refractivity contribution in [3.05, 3.63) is 77.9 Å². The zero-order chi connectivity index (χ0) is 18.7. The Balaban J connectivity index is 1.76. The maximum atomic E-state index is 12.5. The number of hydrogen-bond acceptors (Lipinski definition) is 3. The minimum absolute atomic E-state index is 0.0325. The van der Waals surface area contributed by atoms with Crippen LogP contribution in [0.3, 0.4) is 0 Å². The van der Waals surface area contributed by atoms with E-state index in [2.05, 4.69) is 5.32 Å². The summed E-state index contributed by atoms with van der Waals surface area (Å²) >= 11 is 0. The van der Waals surface area contributed by atoms with Crippen LogP contribution < -0.4 is 10.5 Å². The van der Waals surface area contributed by atoms with Crippen molar-refractivity contribution in [2.75, 3.05) is 0 Å². The molecule has 5 nitrogen and oxygen atoms in total. The molecule has 0 aromatic heterocycles. The standard InChI is InChI=1S/C20H20N2O3S/c1-14(16-8-5-10-18(12-16)26(21,24)25)22-20(23)13-17-9-4-7-15-6-2-3-11-19(15)17/h2-12,14H,13H2,1H3,(H,22,23)(H2,21,24,25). The first-order valence-electron chi connectivity index (χ1n) is 8.23. The highest BCUT2D eigenvalue weighted by Gasteiger charge is 2.14. The van der Waals surface area contributed by atoms with E-state index in [0.717, 1.165) is 16.3 Å². The number of fused-ring (bicyclic) bond motifs is 1. The maximum Gasteiger partial charge on any atom is 0.238 e. The molecule has 134 valence electrons. The molecule has 0 bridgehead atoms. The first-order chi connectivity index (χ1) is 12.3. The van der Waals surface area contributed by atoms with Gasteiger partial charge in [-0.05, 0) is 41.0 Å². The number of benzene rings is 3. The Kier molecular flexibility index (Phi) is 5.06.